The highest BCUT2D eigenvalue weighted by molar-refractivity contribution is 9.10. The lowest BCUT2D eigenvalue weighted by Crippen LogP contribution is -2.19. The van der Waals surface area contributed by atoms with Crippen LogP contribution in [0.25, 0.3) is 0 Å². The molecule has 0 amide bonds. The molecule has 27 heavy (non-hydrogen) atoms. The molecule has 0 aliphatic heterocycles. The molecule has 2 rings (SSSR count). The van der Waals surface area contributed by atoms with Gasteiger partial charge in [-0.1, -0.05) is 6.92 Å². The molecule has 0 aliphatic rings. The minimum atomic E-state index is -3.93. The predicted octanol–water partition coefficient (Wildman–Crippen LogP) is 3.57. The Labute approximate surface area is 167 Å². The van der Waals surface area contributed by atoms with E-state index in [2.05, 4.69) is 25.9 Å². The number of nitrogens with one attached hydrogen (secondary N) is 1. The third kappa shape index (κ3) is 5.61. The molecule has 0 aliphatic carbocycles. The van der Waals surface area contributed by atoms with Gasteiger partial charge in [0.1, 0.15) is 22.1 Å². The van der Waals surface area contributed by atoms with E-state index in [4.69, 9.17) is 14.2 Å². The fraction of sp³-hybridized carbons (Fsp3) is 0.278. The number of ether oxygens (including phenoxy) is 3. The summed E-state index contributed by atoms with van der Waals surface area (Å²) in [5.41, 5.74) is 0.700. The molecule has 1 N–H and O–H groups in total. The summed E-state index contributed by atoms with van der Waals surface area (Å²) >= 11 is 3.42. The van der Waals surface area contributed by atoms with E-state index in [0.29, 0.717) is 17.9 Å². The fourth-order valence-electron chi connectivity index (χ4n) is 2.14. The van der Waals surface area contributed by atoms with Crippen molar-refractivity contribution < 1.29 is 22.6 Å². The second-order valence-corrected chi connectivity index (χ2v) is 7.89. The maximum atomic E-state index is 12.5. The Hall–Kier alpha value is -2.26. The minimum Gasteiger partial charge on any atom is -0.497 e. The molecule has 2 aromatic rings. The van der Waals surface area contributed by atoms with Gasteiger partial charge in [0, 0.05) is 6.07 Å². The normalized spacial score (nSPS) is 11.4. The molecule has 0 saturated carbocycles. The van der Waals surface area contributed by atoms with Crippen molar-refractivity contribution in [1.29, 1.82) is 0 Å². The monoisotopic (exact) mass is 456 g/mol. The fourth-order valence-corrected chi connectivity index (χ4v) is 3.63. The SMILES string of the molecule is CCCOc1ccc(/C=N/NS(=O)(=O)c2cc(OC)ccc2OC)cc1Br. The molecule has 0 bridgehead atoms. The van der Waals surface area contributed by atoms with Crippen molar-refractivity contribution in [2.45, 2.75) is 18.2 Å². The van der Waals surface area contributed by atoms with E-state index >= 15 is 0 Å². The zero-order chi connectivity index (χ0) is 19.9. The first-order valence-corrected chi connectivity index (χ1v) is 10.4. The molecule has 7 nitrogen and oxygen atoms in total. The van der Waals surface area contributed by atoms with Crippen LogP contribution in [0.2, 0.25) is 0 Å². The van der Waals surface area contributed by atoms with E-state index in [1.54, 1.807) is 24.3 Å². The van der Waals surface area contributed by atoms with Gasteiger partial charge in [0.15, 0.2) is 0 Å². The lowest BCUT2D eigenvalue weighted by atomic mass is 10.2. The van der Waals surface area contributed by atoms with Gasteiger partial charge in [-0.2, -0.15) is 18.4 Å². The lowest BCUT2D eigenvalue weighted by Gasteiger charge is -2.10. The highest BCUT2D eigenvalue weighted by Gasteiger charge is 2.20. The summed E-state index contributed by atoms with van der Waals surface area (Å²) in [5, 5.41) is 3.83. The third-order valence-electron chi connectivity index (χ3n) is 3.46. The predicted molar refractivity (Wildman–Crippen MR) is 107 cm³/mol. The van der Waals surface area contributed by atoms with Crippen LogP contribution in [0, 0.1) is 0 Å². The summed E-state index contributed by atoms with van der Waals surface area (Å²) in [6, 6.07) is 9.85. The second-order valence-electron chi connectivity index (χ2n) is 5.41. The molecule has 0 unspecified atom stereocenters. The van der Waals surface area contributed by atoms with Crippen molar-refractivity contribution in [3.05, 3.63) is 46.4 Å². The van der Waals surface area contributed by atoms with Gasteiger partial charge in [0.05, 0.1) is 31.5 Å². The molecule has 0 atom stereocenters. The first-order valence-electron chi connectivity index (χ1n) is 8.10. The summed E-state index contributed by atoms with van der Waals surface area (Å²) in [6.45, 7) is 2.65. The van der Waals surface area contributed by atoms with Crippen LogP contribution < -0.4 is 19.0 Å². The van der Waals surface area contributed by atoms with Crippen molar-refractivity contribution in [3.8, 4) is 17.2 Å². The second kappa shape index (κ2) is 9.61. The average molecular weight is 457 g/mol. The van der Waals surface area contributed by atoms with E-state index in [9.17, 15) is 8.42 Å². The van der Waals surface area contributed by atoms with Crippen LogP contribution in [0.5, 0.6) is 17.2 Å². The van der Waals surface area contributed by atoms with Crippen molar-refractivity contribution in [1.82, 2.24) is 4.83 Å². The van der Waals surface area contributed by atoms with E-state index < -0.39 is 10.0 Å². The molecule has 146 valence electrons. The maximum absolute atomic E-state index is 12.5. The molecule has 0 heterocycles. The van der Waals surface area contributed by atoms with Gasteiger partial charge in [0.2, 0.25) is 0 Å². The maximum Gasteiger partial charge on any atom is 0.280 e. The molecule has 0 aromatic heterocycles. The van der Waals surface area contributed by atoms with E-state index in [1.165, 1.54) is 32.6 Å². The minimum absolute atomic E-state index is 0.0639. The van der Waals surface area contributed by atoms with E-state index in [1.807, 2.05) is 6.92 Å². The number of halogens is 1. The number of sulfonamides is 1. The zero-order valence-electron chi connectivity index (χ0n) is 15.2. The molecule has 2 aromatic carbocycles. The summed E-state index contributed by atoms with van der Waals surface area (Å²) in [6.07, 6.45) is 2.31. The average Bonchev–Trinajstić information content (AvgIpc) is 2.66. The quantitative estimate of drug-likeness (QED) is 0.460. The summed E-state index contributed by atoms with van der Waals surface area (Å²) in [4.78, 5) is 2.11. The zero-order valence-corrected chi connectivity index (χ0v) is 17.6. The van der Waals surface area contributed by atoms with Gasteiger partial charge in [-0.3, -0.25) is 0 Å². The number of rotatable bonds is 9. The number of nitrogens with zero attached hydrogens (tertiary/aromatic N) is 1. The van der Waals surface area contributed by atoms with Crippen molar-refractivity contribution in [3.63, 3.8) is 0 Å². The largest absolute Gasteiger partial charge is 0.497 e. The van der Waals surface area contributed by atoms with Crippen LogP contribution in [-0.4, -0.2) is 35.5 Å². The Morgan fingerprint density at radius 3 is 2.48 bits per heavy atom. The molecule has 9 heteroatoms. The Balaban J connectivity index is 2.16. The van der Waals surface area contributed by atoms with Crippen LogP contribution in [-0.2, 0) is 10.0 Å². The van der Waals surface area contributed by atoms with Crippen molar-refractivity contribution in [2.24, 2.45) is 5.10 Å². The van der Waals surface area contributed by atoms with Gasteiger partial charge in [-0.25, -0.2) is 0 Å². The van der Waals surface area contributed by atoms with Gasteiger partial charge < -0.3 is 14.2 Å². The Morgan fingerprint density at radius 1 is 1.11 bits per heavy atom. The van der Waals surface area contributed by atoms with E-state index in [-0.39, 0.29) is 10.6 Å². The number of hydrogen-bond donors (Lipinski definition) is 1. The smallest absolute Gasteiger partial charge is 0.280 e. The molecule has 0 saturated heterocycles. The van der Waals surface area contributed by atoms with Crippen LogP contribution in [0.3, 0.4) is 0 Å². The summed E-state index contributed by atoms with van der Waals surface area (Å²) < 4.78 is 41.6. The van der Waals surface area contributed by atoms with Crippen molar-refractivity contribution in [2.75, 3.05) is 20.8 Å². The number of benzene rings is 2. The van der Waals surface area contributed by atoms with Gasteiger partial charge in [0.25, 0.3) is 10.0 Å². The van der Waals surface area contributed by atoms with Crippen LogP contribution in [0.15, 0.2) is 50.9 Å². The molecular weight excluding hydrogens is 436 g/mol. The van der Waals surface area contributed by atoms with Crippen LogP contribution >= 0.6 is 15.9 Å². The van der Waals surface area contributed by atoms with Gasteiger partial charge in [-0.05, 0) is 58.2 Å². The highest BCUT2D eigenvalue weighted by atomic mass is 79.9. The number of hydrogen-bond acceptors (Lipinski definition) is 6. The van der Waals surface area contributed by atoms with Gasteiger partial charge in [-0.15, -0.1) is 0 Å². The molecular formula is C18H21BrN2O5S. The Kier molecular flexibility index (Phi) is 7.49. The lowest BCUT2D eigenvalue weighted by molar-refractivity contribution is 0.315. The summed E-state index contributed by atoms with van der Waals surface area (Å²) in [7, 11) is -1.08. The van der Waals surface area contributed by atoms with E-state index in [0.717, 1.165) is 16.6 Å². The van der Waals surface area contributed by atoms with Crippen molar-refractivity contribution >= 4 is 32.2 Å². The first-order chi connectivity index (χ1) is 12.9. The topological polar surface area (TPSA) is 86.2 Å². The highest BCUT2D eigenvalue weighted by Crippen LogP contribution is 2.28. The number of hydrazone groups is 1. The summed E-state index contributed by atoms with van der Waals surface area (Å²) in [5.74, 6) is 1.31. The van der Waals surface area contributed by atoms with Crippen LogP contribution in [0.1, 0.15) is 18.9 Å². The Bertz CT molecular complexity index is 916. The molecule has 0 radical (unpaired) electrons. The molecule has 0 spiro atoms. The number of methoxy groups -OCH3 is 2. The van der Waals surface area contributed by atoms with Gasteiger partial charge >= 0.3 is 0 Å². The third-order valence-corrected chi connectivity index (χ3v) is 5.33. The first kappa shape index (κ1) is 21.0. The Morgan fingerprint density at radius 2 is 1.85 bits per heavy atom. The standard InChI is InChI=1S/C18H21BrN2O5S/c1-4-9-26-16-7-5-13(10-15(16)19)12-20-21-27(22,23)18-11-14(24-2)6-8-17(18)25-3/h5-8,10-12,21H,4,9H2,1-3H3/b20-12+. The molecule has 0 fully saturated rings. The van der Waals surface area contributed by atoms with Crippen LogP contribution in [0.4, 0.5) is 0 Å².